The first-order chi connectivity index (χ1) is 16.9. The number of carbonyl (C=O) groups is 2. The number of nitrogens with one attached hydrogen (secondary N) is 1. The van der Waals surface area contributed by atoms with E-state index in [4.69, 9.17) is 4.74 Å². The highest BCUT2D eigenvalue weighted by atomic mass is 19.1. The van der Waals surface area contributed by atoms with Gasteiger partial charge in [-0.2, -0.15) is 0 Å². The van der Waals surface area contributed by atoms with Gasteiger partial charge in [-0.05, 0) is 37.1 Å². The Morgan fingerprint density at radius 3 is 2.20 bits per heavy atom. The lowest BCUT2D eigenvalue weighted by Gasteiger charge is -2.32. The number of amides is 2. The van der Waals surface area contributed by atoms with Crippen LogP contribution < -0.4 is 10.1 Å². The van der Waals surface area contributed by atoms with Gasteiger partial charge in [-0.25, -0.2) is 8.78 Å². The van der Waals surface area contributed by atoms with Crippen molar-refractivity contribution in [3.8, 4) is 5.75 Å². The SMILES string of the molecule is CCC(C)NC(=O)C(Cc1ccccc1)N(Cc1ccccc1F)C(=O)COc1ccccc1F. The summed E-state index contributed by atoms with van der Waals surface area (Å²) in [5, 5.41) is 2.94. The average Bonchev–Trinajstić information content (AvgIpc) is 2.87. The van der Waals surface area contributed by atoms with E-state index >= 15 is 0 Å². The first-order valence-corrected chi connectivity index (χ1v) is 11.6. The van der Waals surface area contributed by atoms with Gasteiger partial charge >= 0.3 is 0 Å². The number of nitrogens with zero attached hydrogens (tertiary/aromatic N) is 1. The Morgan fingerprint density at radius 1 is 0.914 bits per heavy atom. The molecule has 0 bridgehead atoms. The number of ether oxygens (including phenoxy) is 1. The predicted molar refractivity (Wildman–Crippen MR) is 131 cm³/mol. The Kier molecular flexibility index (Phi) is 9.35. The zero-order valence-electron chi connectivity index (χ0n) is 19.9. The molecular formula is C28H30F2N2O3. The molecule has 184 valence electrons. The lowest BCUT2D eigenvalue weighted by molar-refractivity contribution is -0.143. The molecule has 35 heavy (non-hydrogen) atoms. The molecule has 0 saturated heterocycles. The fourth-order valence-electron chi connectivity index (χ4n) is 3.59. The Hall–Kier alpha value is -3.74. The predicted octanol–water partition coefficient (Wildman–Crippen LogP) is 4.90. The second kappa shape index (κ2) is 12.6. The number of benzene rings is 3. The maximum Gasteiger partial charge on any atom is 0.261 e. The van der Waals surface area contributed by atoms with Crippen LogP contribution in [0.5, 0.6) is 5.75 Å². The molecule has 0 aromatic heterocycles. The zero-order valence-corrected chi connectivity index (χ0v) is 19.9. The van der Waals surface area contributed by atoms with E-state index in [0.717, 1.165) is 5.56 Å². The number of hydrogen-bond acceptors (Lipinski definition) is 3. The minimum absolute atomic E-state index is 0.0737. The largest absolute Gasteiger partial charge is 0.481 e. The molecule has 1 N–H and O–H groups in total. The normalized spacial score (nSPS) is 12.5. The molecule has 0 fully saturated rings. The maximum absolute atomic E-state index is 14.6. The summed E-state index contributed by atoms with van der Waals surface area (Å²) in [6, 6.07) is 20.1. The van der Waals surface area contributed by atoms with Crippen LogP contribution in [-0.4, -0.2) is 35.4 Å². The minimum atomic E-state index is -0.928. The molecule has 0 aliphatic heterocycles. The smallest absolute Gasteiger partial charge is 0.261 e. The number of carbonyl (C=O) groups excluding carboxylic acids is 2. The summed E-state index contributed by atoms with van der Waals surface area (Å²) < 4.78 is 34.0. The van der Waals surface area contributed by atoms with Gasteiger partial charge in [0.05, 0.1) is 0 Å². The standard InChI is InChI=1S/C28H30F2N2O3/c1-3-20(2)31-28(34)25(17-21-11-5-4-6-12-21)32(18-22-13-7-8-14-23(22)29)27(33)19-35-26-16-10-9-15-24(26)30/h4-16,20,25H,3,17-19H2,1-2H3,(H,31,34). The third-order valence-electron chi connectivity index (χ3n) is 5.76. The van der Waals surface area contributed by atoms with Crippen molar-refractivity contribution in [3.63, 3.8) is 0 Å². The van der Waals surface area contributed by atoms with Gasteiger partial charge in [0.25, 0.3) is 5.91 Å². The van der Waals surface area contributed by atoms with E-state index in [2.05, 4.69) is 5.32 Å². The summed E-state index contributed by atoms with van der Waals surface area (Å²) in [5.41, 5.74) is 1.11. The molecular weight excluding hydrogens is 450 g/mol. The van der Waals surface area contributed by atoms with Gasteiger partial charge in [-0.3, -0.25) is 9.59 Å². The zero-order chi connectivity index (χ0) is 25.2. The van der Waals surface area contributed by atoms with E-state index in [9.17, 15) is 18.4 Å². The molecule has 0 heterocycles. The molecule has 2 atom stereocenters. The Balaban J connectivity index is 1.93. The van der Waals surface area contributed by atoms with Crippen LogP contribution in [0.4, 0.5) is 8.78 Å². The van der Waals surface area contributed by atoms with Crippen LogP contribution >= 0.6 is 0 Å². The summed E-state index contributed by atoms with van der Waals surface area (Å²) in [5.74, 6) is -2.07. The van der Waals surface area contributed by atoms with Crippen LogP contribution in [0.25, 0.3) is 0 Å². The third-order valence-corrected chi connectivity index (χ3v) is 5.76. The van der Waals surface area contributed by atoms with Gasteiger partial charge in [0, 0.05) is 24.6 Å². The van der Waals surface area contributed by atoms with Gasteiger partial charge in [0.15, 0.2) is 18.2 Å². The summed E-state index contributed by atoms with van der Waals surface area (Å²) in [4.78, 5) is 28.1. The van der Waals surface area contributed by atoms with Crippen molar-refractivity contribution >= 4 is 11.8 Å². The number of hydrogen-bond donors (Lipinski definition) is 1. The highest BCUT2D eigenvalue weighted by Gasteiger charge is 2.31. The van der Waals surface area contributed by atoms with Crippen LogP contribution in [0.1, 0.15) is 31.4 Å². The maximum atomic E-state index is 14.6. The van der Waals surface area contributed by atoms with Crippen LogP contribution in [0.3, 0.4) is 0 Å². The first-order valence-electron chi connectivity index (χ1n) is 11.6. The fraction of sp³-hybridized carbons (Fsp3) is 0.286. The van der Waals surface area contributed by atoms with Gasteiger partial charge < -0.3 is 15.0 Å². The van der Waals surface area contributed by atoms with Crippen molar-refractivity contribution in [1.82, 2.24) is 10.2 Å². The quantitative estimate of drug-likeness (QED) is 0.425. The van der Waals surface area contributed by atoms with E-state index in [-0.39, 0.29) is 36.2 Å². The molecule has 3 aromatic rings. The van der Waals surface area contributed by atoms with E-state index in [0.29, 0.717) is 6.42 Å². The molecule has 0 aliphatic rings. The van der Waals surface area contributed by atoms with Crippen molar-refractivity contribution in [1.29, 1.82) is 0 Å². The van der Waals surface area contributed by atoms with E-state index in [1.54, 1.807) is 24.3 Å². The number of rotatable bonds is 11. The molecule has 0 aliphatic carbocycles. The van der Waals surface area contributed by atoms with E-state index in [1.165, 1.54) is 29.2 Å². The Morgan fingerprint density at radius 2 is 1.54 bits per heavy atom. The van der Waals surface area contributed by atoms with Crippen LogP contribution in [-0.2, 0) is 22.6 Å². The molecule has 0 radical (unpaired) electrons. The van der Waals surface area contributed by atoms with E-state index < -0.39 is 30.2 Å². The van der Waals surface area contributed by atoms with Crippen molar-refractivity contribution in [2.75, 3.05) is 6.61 Å². The van der Waals surface area contributed by atoms with Crippen molar-refractivity contribution in [3.05, 3.63) is 102 Å². The second-order valence-electron chi connectivity index (χ2n) is 8.36. The molecule has 7 heteroatoms. The summed E-state index contributed by atoms with van der Waals surface area (Å²) in [7, 11) is 0. The highest BCUT2D eigenvalue weighted by Crippen LogP contribution is 2.19. The van der Waals surface area contributed by atoms with Crippen LogP contribution in [0.15, 0.2) is 78.9 Å². The number of para-hydroxylation sites is 1. The van der Waals surface area contributed by atoms with Gasteiger partial charge in [-0.1, -0.05) is 67.6 Å². The van der Waals surface area contributed by atoms with Crippen molar-refractivity contribution < 1.29 is 23.1 Å². The topological polar surface area (TPSA) is 58.6 Å². The highest BCUT2D eigenvalue weighted by molar-refractivity contribution is 5.88. The molecule has 2 amide bonds. The third kappa shape index (κ3) is 7.37. The first kappa shape index (κ1) is 25.9. The minimum Gasteiger partial charge on any atom is -0.481 e. The molecule has 5 nitrogen and oxygen atoms in total. The van der Waals surface area contributed by atoms with Gasteiger partial charge in [0.1, 0.15) is 11.9 Å². The molecule has 0 saturated carbocycles. The summed E-state index contributed by atoms with van der Waals surface area (Å²) in [6.07, 6.45) is 0.935. The van der Waals surface area contributed by atoms with Crippen LogP contribution in [0.2, 0.25) is 0 Å². The summed E-state index contributed by atoms with van der Waals surface area (Å²) in [6.45, 7) is 3.18. The Labute approximate surface area is 204 Å². The number of halogens is 2. The molecule has 3 rings (SSSR count). The average molecular weight is 481 g/mol. The lowest BCUT2D eigenvalue weighted by atomic mass is 10.0. The second-order valence-corrected chi connectivity index (χ2v) is 8.36. The fourth-order valence-corrected chi connectivity index (χ4v) is 3.59. The summed E-state index contributed by atoms with van der Waals surface area (Å²) >= 11 is 0. The van der Waals surface area contributed by atoms with Crippen molar-refractivity contribution in [2.45, 2.75) is 45.3 Å². The Bertz CT molecular complexity index is 1120. The molecule has 0 spiro atoms. The monoisotopic (exact) mass is 480 g/mol. The lowest BCUT2D eigenvalue weighted by Crippen LogP contribution is -2.53. The molecule has 3 aromatic carbocycles. The van der Waals surface area contributed by atoms with Gasteiger partial charge in [-0.15, -0.1) is 0 Å². The van der Waals surface area contributed by atoms with Crippen molar-refractivity contribution in [2.24, 2.45) is 0 Å². The van der Waals surface area contributed by atoms with Gasteiger partial charge in [0.2, 0.25) is 5.91 Å². The molecule has 2 unspecified atom stereocenters. The van der Waals surface area contributed by atoms with E-state index in [1.807, 2.05) is 44.2 Å². The van der Waals surface area contributed by atoms with Crippen LogP contribution in [0, 0.1) is 11.6 Å².